The fourth-order valence-corrected chi connectivity index (χ4v) is 2.26. The molecule has 25 heavy (non-hydrogen) atoms. The molecule has 2 rings (SSSR count). The molecular formula is C19H20N2O4. The molecular weight excluding hydrogens is 320 g/mol. The second-order valence-electron chi connectivity index (χ2n) is 5.29. The Labute approximate surface area is 146 Å². The van der Waals surface area contributed by atoms with E-state index >= 15 is 0 Å². The second kappa shape index (κ2) is 8.10. The van der Waals surface area contributed by atoms with Crippen LogP contribution in [0.1, 0.15) is 27.6 Å². The highest BCUT2D eigenvalue weighted by molar-refractivity contribution is 5.99. The quantitative estimate of drug-likeness (QED) is 0.646. The number of carbonyl (C=O) groups excluding carboxylic acids is 2. The normalized spacial score (nSPS) is 11.3. The Kier molecular flexibility index (Phi) is 5.89. The number of hydrogen-bond acceptors (Lipinski definition) is 5. The summed E-state index contributed by atoms with van der Waals surface area (Å²) in [7, 11) is 2.76. The lowest BCUT2D eigenvalue weighted by molar-refractivity contribution is 0.0601. The zero-order chi connectivity index (χ0) is 18.4. The molecule has 0 aliphatic rings. The van der Waals surface area contributed by atoms with E-state index in [1.54, 1.807) is 42.5 Å². The van der Waals surface area contributed by atoms with E-state index in [0.29, 0.717) is 22.4 Å². The van der Waals surface area contributed by atoms with Crippen LogP contribution in [-0.4, -0.2) is 37.1 Å². The van der Waals surface area contributed by atoms with Gasteiger partial charge in [0.1, 0.15) is 5.56 Å². The van der Waals surface area contributed by atoms with Crippen LogP contribution >= 0.6 is 0 Å². The van der Waals surface area contributed by atoms with Crippen molar-refractivity contribution >= 4 is 11.9 Å². The molecule has 1 heterocycles. The number of rotatable bonds is 6. The summed E-state index contributed by atoms with van der Waals surface area (Å²) < 4.78 is 10.1. The van der Waals surface area contributed by atoms with E-state index in [2.05, 4.69) is 16.9 Å². The SMILES string of the molecule is C=C[C@H](C)NC(=O)c1ccc(-c2ccccc2C(=O)OC)nc1OC. The van der Waals surface area contributed by atoms with Gasteiger partial charge >= 0.3 is 5.97 Å². The molecule has 6 heteroatoms. The van der Waals surface area contributed by atoms with Crippen molar-refractivity contribution in [2.75, 3.05) is 14.2 Å². The molecule has 0 aliphatic carbocycles. The molecule has 0 unspecified atom stereocenters. The molecule has 0 aliphatic heterocycles. The zero-order valence-corrected chi connectivity index (χ0v) is 14.4. The van der Waals surface area contributed by atoms with E-state index < -0.39 is 5.97 Å². The maximum atomic E-state index is 12.3. The lowest BCUT2D eigenvalue weighted by Crippen LogP contribution is -2.31. The Morgan fingerprint density at radius 2 is 1.88 bits per heavy atom. The summed E-state index contributed by atoms with van der Waals surface area (Å²) in [6.45, 7) is 5.44. The minimum atomic E-state index is -0.460. The van der Waals surface area contributed by atoms with E-state index in [-0.39, 0.29) is 17.8 Å². The molecule has 1 N–H and O–H groups in total. The lowest BCUT2D eigenvalue weighted by atomic mass is 10.0. The van der Waals surface area contributed by atoms with Crippen LogP contribution in [0.5, 0.6) is 5.88 Å². The molecule has 0 bridgehead atoms. The molecule has 1 aromatic heterocycles. The molecule has 130 valence electrons. The molecule has 0 spiro atoms. The molecule has 0 radical (unpaired) electrons. The molecule has 0 fully saturated rings. The van der Waals surface area contributed by atoms with Crippen molar-refractivity contribution in [2.24, 2.45) is 0 Å². The van der Waals surface area contributed by atoms with E-state index in [0.717, 1.165) is 0 Å². The minimum absolute atomic E-state index is 0.172. The summed E-state index contributed by atoms with van der Waals surface area (Å²) in [4.78, 5) is 28.6. The smallest absolute Gasteiger partial charge is 0.338 e. The van der Waals surface area contributed by atoms with Gasteiger partial charge < -0.3 is 14.8 Å². The number of ether oxygens (including phenoxy) is 2. The largest absolute Gasteiger partial charge is 0.480 e. The molecule has 6 nitrogen and oxygen atoms in total. The van der Waals surface area contributed by atoms with Crippen LogP contribution in [0.3, 0.4) is 0 Å². The minimum Gasteiger partial charge on any atom is -0.480 e. The third kappa shape index (κ3) is 4.03. The Bertz CT molecular complexity index is 802. The van der Waals surface area contributed by atoms with Crippen molar-refractivity contribution in [3.8, 4) is 17.1 Å². The van der Waals surface area contributed by atoms with Crippen molar-refractivity contribution in [1.82, 2.24) is 10.3 Å². The van der Waals surface area contributed by atoms with E-state index in [1.807, 2.05) is 6.92 Å². The molecule has 0 saturated heterocycles. The van der Waals surface area contributed by atoms with Crippen LogP contribution in [0.2, 0.25) is 0 Å². The summed E-state index contributed by atoms with van der Waals surface area (Å²) in [5.74, 6) is -0.603. The summed E-state index contributed by atoms with van der Waals surface area (Å²) in [6.07, 6.45) is 1.62. The molecule has 1 amide bonds. The number of nitrogens with zero attached hydrogens (tertiary/aromatic N) is 1. The van der Waals surface area contributed by atoms with Crippen LogP contribution in [0.4, 0.5) is 0 Å². The van der Waals surface area contributed by atoms with Gasteiger partial charge in [-0.15, -0.1) is 6.58 Å². The topological polar surface area (TPSA) is 77.5 Å². The average molecular weight is 340 g/mol. The van der Waals surface area contributed by atoms with Gasteiger partial charge in [-0.1, -0.05) is 24.3 Å². The zero-order valence-electron chi connectivity index (χ0n) is 14.4. The lowest BCUT2D eigenvalue weighted by Gasteiger charge is -2.13. The van der Waals surface area contributed by atoms with E-state index in [1.165, 1.54) is 14.2 Å². The first-order valence-electron chi connectivity index (χ1n) is 7.68. The van der Waals surface area contributed by atoms with E-state index in [4.69, 9.17) is 9.47 Å². The molecule has 1 aromatic carbocycles. The molecule has 0 saturated carbocycles. The first kappa shape index (κ1) is 18.2. The van der Waals surface area contributed by atoms with Gasteiger partial charge in [-0.05, 0) is 25.1 Å². The Morgan fingerprint density at radius 3 is 2.52 bits per heavy atom. The maximum absolute atomic E-state index is 12.3. The first-order chi connectivity index (χ1) is 12.0. The van der Waals surface area contributed by atoms with Crippen molar-refractivity contribution in [2.45, 2.75) is 13.0 Å². The number of carbonyl (C=O) groups is 2. The predicted octanol–water partition coefficient (Wildman–Crippen LogP) is 2.85. The summed E-state index contributed by atoms with van der Waals surface area (Å²) in [5.41, 5.74) is 1.79. The summed E-state index contributed by atoms with van der Waals surface area (Å²) in [5, 5.41) is 2.77. The highest BCUT2D eigenvalue weighted by atomic mass is 16.5. The summed E-state index contributed by atoms with van der Waals surface area (Å²) in [6, 6.07) is 10.0. The number of methoxy groups -OCH3 is 2. The standard InChI is InChI=1S/C19H20N2O4/c1-5-12(2)20-17(22)15-10-11-16(21-18(15)24-3)13-8-6-7-9-14(13)19(23)25-4/h5-12H,1H2,2-4H3,(H,20,22)/t12-/m0/s1. The summed E-state index contributed by atoms with van der Waals surface area (Å²) >= 11 is 0. The highest BCUT2D eigenvalue weighted by Gasteiger charge is 2.18. The number of pyridine rings is 1. The number of benzene rings is 1. The number of nitrogens with one attached hydrogen (secondary N) is 1. The predicted molar refractivity (Wildman–Crippen MR) is 94.7 cm³/mol. The number of esters is 1. The van der Waals surface area contributed by atoms with Gasteiger partial charge in [-0.3, -0.25) is 4.79 Å². The number of aromatic nitrogens is 1. The third-order valence-corrected chi connectivity index (χ3v) is 3.62. The third-order valence-electron chi connectivity index (χ3n) is 3.62. The van der Waals surface area contributed by atoms with Crippen molar-refractivity contribution in [3.05, 3.63) is 60.2 Å². The fraction of sp³-hybridized carbons (Fsp3) is 0.211. The van der Waals surface area contributed by atoms with Crippen molar-refractivity contribution < 1.29 is 19.1 Å². The second-order valence-corrected chi connectivity index (χ2v) is 5.29. The number of hydrogen-bond donors (Lipinski definition) is 1. The van der Waals surface area contributed by atoms with Gasteiger partial charge in [0.15, 0.2) is 0 Å². The van der Waals surface area contributed by atoms with Gasteiger partial charge in [0, 0.05) is 11.6 Å². The van der Waals surface area contributed by atoms with E-state index in [9.17, 15) is 9.59 Å². The van der Waals surface area contributed by atoms with Gasteiger partial charge in [-0.2, -0.15) is 0 Å². The fourth-order valence-electron chi connectivity index (χ4n) is 2.26. The highest BCUT2D eigenvalue weighted by Crippen LogP contribution is 2.26. The number of amides is 1. The first-order valence-corrected chi connectivity index (χ1v) is 7.68. The Balaban J connectivity index is 2.45. The van der Waals surface area contributed by atoms with Crippen LogP contribution in [-0.2, 0) is 4.74 Å². The van der Waals surface area contributed by atoms with Gasteiger partial charge in [-0.25, -0.2) is 9.78 Å². The Morgan fingerprint density at radius 1 is 1.16 bits per heavy atom. The molecule has 1 atom stereocenters. The van der Waals surface area contributed by atoms with Crippen LogP contribution < -0.4 is 10.1 Å². The van der Waals surface area contributed by atoms with Crippen LogP contribution in [0, 0.1) is 0 Å². The average Bonchev–Trinajstić information content (AvgIpc) is 2.66. The van der Waals surface area contributed by atoms with Crippen LogP contribution in [0.15, 0.2) is 49.1 Å². The monoisotopic (exact) mass is 340 g/mol. The maximum Gasteiger partial charge on any atom is 0.338 e. The Hall–Kier alpha value is -3.15. The van der Waals surface area contributed by atoms with Gasteiger partial charge in [0.05, 0.1) is 25.5 Å². The van der Waals surface area contributed by atoms with Crippen LogP contribution in [0.25, 0.3) is 11.3 Å². The van der Waals surface area contributed by atoms with Crippen molar-refractivity contribution in [3.63, 3.8) is 0 Å². The van der Waals surface area contributed by atoms with Crippen molar-refractivity contribution in [1.29, 1.82) is 0 Å². The van der Waals surface area contributed by atoms with Gasteiger partial charge in [0.2, 0.25) is 5.88 Å². The molecule has 2 aromatic rings. The van der Waals surface area contributed by atoms with Gasteiger partial charge in [0.25, 0.3) is 5.91 Å².